The number of imidazole rings is 1. The largest absolute Gasteiger partial charge is 0.370 e. The van der Waals surface area contributed by atoms with E-state index < -0.39 is 0 Å². The number of nitrogens with one attached hydrogen (secondary N) is 1. The Morgan fingerprint density at radius 3 is 2.78 bits per heavy atom. The molecule has 3 rings (SSSR count). The van der Waals surface area contributed by atoms with Gasteiger partial charge in [-0.2, -0.15) is 0 Å². The Labute approximate surface area is 108 Å². The first-order valence-electron chi connectivity index (χ1n) is 5.50. The van der Waals surface area contributed by atoms with Crippen LogP contribution in [0.5, 0.6) is 0 Å². The number of hydrogen-bond donors (Lipinski definition) is 1. The lowest BCUT2D eigenvalue weighted by Crippen LogP contribution is -1.98. The minimum absolute atomic E-state index is 0.772. The van der Waals surface area contributed by atoms with Gasteiger partial charge in [-0.15, -0.1) is 5.10 Å². The zero-order chi connectivity index (χ0) is 12.2. The van der Waals surface area contributed by atoms with Crippen LogP contribution in [0.15, 0.2) is 49.2 Å². The van der Waals surface area contributed by atoms with Crippen LogP contribution in [0.3, 0.4) is 0 Å². The first-order chi connectivity index (χ1) is 8.92. The summed E-state index contributed by atoms with van der Waals surface area (Å²) in [5.74, 6) is 0. The normalized spacial score (nSPS) is 10.4. The van der Waals surface area contributed by atoms with E-state index in [9.17, 15) is 0 Å². The van der Waals surface area contributed by atoms with E-state index in [1.165, 1.54) is 17.1 Å². The van der Waals surface area contributed by atoms with E-state index in [0.29, 0.717) is 0 Å². The van der Waals surface area contributed by atoms with Crippen molar-refractivity contribution >= 4 is 16.5 Å². The number of rotatable bonds is 4. The summed E-state index contributed by atoms with van der Waals surface area (Å²) in [4.78, 5) is 4.03. The number of aromatic nitrogens is 4. The lowest BCUT2D eigenvalue weighted by Gasteiger charge is -2.05. The Hall–Kier alpha value is -2.21. The zero-order valence-electron chi connectivity index (χ0n) is 9.52. The average molecular weight is 257 g/mol. The molecule has 0 fully saturated rings. The van der Waals surface area contributed by atoms with Crippen LogP contribution < -0.4 is 5.32 Å². The third-order valence-corrected chi connectivity index (χ3v) is 3.19. The summed E-state index contributed by atoms with van der Waals surface area (Å²) in [5, 5.41) is 8.03. The van der Waals surface area contributed by atoms with Gasteiger partial charge in [-0.3, -0.25) is 0 Å². The minimum Gasteiger partial charge on any atom is -0.370 e. The van der Waals surface area contributed by atoms with E-state index in [1.54, 1.807) is 18.7 Å². The monoisotopic (exact) mass is 257 g/mol. The van der Waals surface area contributed by atoms with Crippen LogP contribution in [0.25, 0.3) is 5.69 Å². The van der Waals surface area contributed by atoms with Crippen molar-refractivity contribution in [2.45, 2.75) is 6.54 Å². The molecule has 0 radical (unpaired) electrons. The summed E-state index contributed by atoms with van der Waals surface area (Å²) in [6, 6.07) is 8.33. The SMILES string of the molecule is c1cn(-c2ccc(CNc3cnns3)cc2)cn1. The summed E-state index contributed by atoms with van der Waals surface area (Å²) >= 11 is 1.36. The van der Waals surface area contributed by atoms with Crippen molar-refractivity contribution in [3.05, 3.63) is 54.7 Å². The van der Waals surface area contributed by atoms with Crippen molar-refractivity contribution in [3.8, 4) is 5.69 Å². The van der Waals surface area contributed by atoms with Gasteiger partial charge in [0.05, 0.1) is 12.5 Å². The van der Waals surface area contributed by atoms with Crippen LogP contribution in [-0.4, -0.2) is 19.1 Å². The van der Waals surface area contributed by atoms with Crippen molar-refractivity contribution in [3.63, 3.8) is 0 Å². The Morgan fingerprint density at radius 1 is 1.22 bits per heavy atom. The fourth-order valence-electron chi connectivity index (χ4n) is 1.63. The maximum Gasteiger partial charge on any atom is 0.130 e. The average Bonchev–Trinajstić information content (AvgIpc) is 3.10. The first kappa shape index (κ1) is 10.9. The molecule has 0 unspecified atom stereocenters. The highest BCUT2D eigenvalue weighted by atomic mass is 32.1. The molecular weight excluding hydrogens is 246 g/mol. The maximum atomic E-state index is 4.03. The predicted octanol–water partition coefficient (Wildman–Crippen LogP) is 2.34. The third-order valence-electron chi connectivity index (χ3n) is 2.57. The van der Waals surface area contributed by atoms with Gasteiger partial charge in [0.1, 0.15) is 5.00 Å². The standard InChI is InChI=1S/C12H11N5S/c1-3-11(17-6-5-13-9-17)4-2-10(1)7-14-12-8-15-16-18-12/h1-6,8-9,14H,7H2. The molecule has 18 heavy (non-hydrogen) atoms. The van der Waals surface area contributed by atoms with E-state index in [1.807, 2.05) is 10.8 Å². The Balaban J connectivity index is 1.68. The molecule has 90 valence electrons. The minimum atomic E-state index is 0.772. The molecule has 0 amide bonds. The van der Waals surface area contributed by atoms with Crippen molar-refractivity contribution < 1.29 is 0 Å². The van der Waals surface area contributed by atoms with Crippen molar-refractivity contribution in [2.24, 2.45) is 0 Å². The van der Waals surface area contributed by atoms with Gasteiger partial charge in [-0.1, -0.05) is 16.6 Å². The van der Waals surface area contributed by atoms with Crippen LogP contribution in [0.1, 0.15) is 5.56 Å². The highest BCUT2D eigenvalue weighted by Crippen LogP contribution is 2.13. The summed E-state index contributed by atoms with van der Waals surface area (Å²) in [7, 11) is 0. The lowest BCUT2D eigenvalue weighted by molar-refractivity contribution is 1.05. The molecule has 6 heteroatoms. The van der Waals surface area contributed by atoms with E-state index in [4.69, 9.17) is 0 Å². The molecule has 0 saturated heterocycles. The molecule has 1 aromatic carbocycles. The van der Waals surface area contributed by atoms with Gasteiger partial charge < -0.3 is 9.88 Å². The van der Waals surface area contributed by atoms with E-state index in [-0.39, 0.29) is 0 Å². The van der Waals surface area contributed by atoms with Gasteiger partial charge >= 0.3 is 0 Å². The van der Waals surface area contributed by atoms with Gasteiger partial charge in [0.15, 0.2) is 0 Å². The highest BCUT2D eigenvalue weighted by molar-refractivity contribution is 7.09. The molecule has 0 bridgehead atoms. The molecule has 0 aliphatic carbocycles. The van der Waals surface area contributed by atoms with Crippen LogP contribution in [-0.2, 0) is 6.54 Å². The Kier molecular flexibility index (Phi) is 3.01. The van der Waals surface area contributed by atoms with Crippen LogP contribution >= 0.6 is 11.5 Å². The van der Waals surface area contributed by atoms with Gasteiger partial charge in [-0.25, -0.2) is 4.98 Å². The van der Waals surface area contributed by atoms with Gasteiger partial charge in [0.2, 0.25) is 0 Å². The molecular formula is C12H11N5S. The zero-order valence-corrected chi connectivity index (χ0v) is 10.3. The third kappa shape index (κ3) is 2.38. The molecule has 3 aromatic rings. The number of anilines is 1. The quantitative estimate of drug-likeness (QED) is 0.779. The van der Waals surface area contributed by atoms with E-state index in [2.05, 4.69) is 44.2 Å². The van der Waals surface area contributed by atoms with Crippen molar-refractivity contribution in [1.29, 1.82) is 0 Å². The summed E-state index contributed by atoms with van der Waals surface area (Å²) in [6.45, 7) is 0.772. The van der Waals surface area contributed by atoms with Crippen molar-refractivity contribution in [2.75, 3.05) is 5.32 Å². The second-order valence-corrected chi connectivity index (χ2v) is 4.56. The molecule has 0 atom stereocenters. The van der Waals surface area contributed by atoms with Crippen LogP contribution in [0.4, 0.5) is 5.00 Å². The van der Waals surface area contributed by atoms with E-state index in [0.717, 1.165) is 17.2 Å². The van der Waals surface area contributed by atoms with Gasteiger partial charge in [0.25, 0.3) is 0 Å². The number of benzene rings is 1. The highest BCUT2D eigenvalue weighted by Gasteiger charge is 1.98. The second-order valence-electron chi connectivity index (χ2n) is 3.77. The molecule has 0 saturated carbocycles. The number of nitrogens with zero attached hydrogens (tertiary/aromatic N) is 4. The maximum absolute atomic E-state index is 4.03. The smallest absolute Gasteiger partial charge is 0.130 e. The summed E-state index contributed by atoms with van der Waals surface area (Å²) in [5.41, 5.74) is 2.32. The Bertz CT molecular complexity index is 586. The molecule has 5 nitrogen and oxygen atoms in total. The predicted molar refractivity (Wildman–Crippen MR) is 70.8 cm³/mol. The molecule has 0 aliphatic rings. The molecule has 0 aliphatic heterocycles. The van der Waals surface area contributed by atoms with Crippen LogP contribution in [0, 0.1) is 0 Å². The van der Waals surface area contributed by atoms with E-state index >= 15 is 0 Å². The van der Waals surface area contributed by atoms with Gasteiger partial charge in [-0.05, 0) is 17.7 Å². The molecule has 2 aromatic heterocycles. The summed E-state index contributed by atoms with van der Waals surface area (Å²) in [6.07, 6.45) is 7.21. The van der Waals surface area contributed by atoms with Crippen LogP contribution in [0.2, 0.25) is 0 Å². The molecule has 0 spiro atoms. The fourth-order valence-corrected chi connectivity index (χ4v) is 2.05. The Morgan fingerprint density at radius 2 is 2.11 bits per heavy atom. The first-order valence-corrected chi connectivity index (χ1v) is 6.28. The topological polar surface area (TPSA) is 55.6 Å². The lowest BCUT2D eigenvalue weighted by atomic mass is 10.2. The summed E-state index contributed by atoms with van der Waals surface area (Å²) < 4.78 is 5.78. The second kappa shape index (κ2) is 4.97. The molecule has 2 heterocycles. The number of hydrogen-bond acceptors (Lipinski definition) is 5. The molecule has 1 N–H and O–H groups in total. The van der Waals surface area contributed by atoms with Gasteiger partial charge in [0, 0.05) is 36.2 Å². The fraction of sp³-hybridized carbons (Fsp3) is 0.0833. The van der Waals surface area contributed by atoms with Crippen molar-refractivity contribution in [1.82, 2.24) is 19.1 Å².